The molecule has 0 fully saturated rings. The van der Waals surface area contributed by atoms with Crippen molar-refractivity contribution in [1.82, 2.24) is 0 Å². The average Bonchev–Trinajstić information content (AvgIpc) is 2.93. The van der Waals surface area contributed by atoms with Gasteiger partial charge in [-0.2, -0.15) is 0 Å². The molecule has 0 aliphatic carbocycles. The largest absolute Gasteiger partial charge is 0.497 e. The normalized spacial score (nSPS) is 16.3. The van der Waals surface area contributed by atoms with Crippen LogP contribution in [0, 0.1) is 0 Å². The van der Waals surface area contributed by atoms with Gasteiger partial charge in [0.05, 0.1) is 20.3 Å². The molecule has 0 aromatic heterocycles. The summed E-state index contributed by atoms with van der Waals surface area (Å²) in [5.41, 5.74) is 3.16. The highest BCUT2D eigenvalue weighted by atomic mass is 16.5. The summed E-state index contributed by atoms with van der Waals surface area (Å²) in [6, 6.07) is 13.7. The molecule has 0 N–H and O–H groups in total. The van der Waals surface area contributed by atoms with Crippen LogP contribution in [0.5, 0.6) is 11.5 Å². The molecule has 0 radical (unpaired) electrons. The quantitative estimate of drug-likeness (QED) is 0.872. The minimum Gasteiger partial charge on any atom is -0.497 e. The first kappa shape index (κ1) is 14.4. The number of rotatable bonds is 3. The fourth-order valence-electron chi connectivity index (χ4n) is 3.12. The maximum Gasteiger partial charge on any atom is 0.224 e. The molecule has 0 spiro atoms. The second-order valence-electron chi connectivity index (χ2n) is 5.35. The van der Waals surface area contributed by atoms with Gasteiger partial charge >= 0.3 is 0 Å². The number of nitrogens with zero attached hydrogens (tertiary/aromatic N) is 1. The van der Waals surface area contributed by atoms with E-state index in [1.165, 1.54) is 5.56 Å². The van der Waals surface area contributed by atoms with Gasteiger partial charge in [-0.15, -0.1) is 0 Å². The van der Waals surface area contributed by atoms with Crippen molar-refractivity contribution < 1.29 is 14.3 Å². The van der Waals surface area contributed by atoms with Crippen LogP contribution in [0.1, 0.15) is 24.1 Å². The van der Waals surface area contributed by atoms with Crippen molar-refractivity contribution in [2.75, 3.05) is 19.1 Å². The van der Waals surface area contributed by atoms with Crippen LogP contribution in [0.2, 0.25) is 0 Å². The molecule has 1 amide bonds. The molecule has 0 saturated heterocycles. The zero-order valence-electron chi connectivity index (χ0n) is 13.0. The van der Waals surface area contributed by atoms with Gasteiger partial charge in [0.2, 0.25) is 5.91 Å². The van der Waals surface area contributed by atoms with Gasteiger partial charge in [-0.3, -0.25) is 4.79 Å². The fourth-order valence-corrected chi connectivity index (χ4v) is 3.12. The SMILES string of the molecule is COc1ccc(C2Cc3ccccc3N2C(C)=O)c(OC)c1. The van der Waals surface area contributed by atoms with Crippen molar-refractivity contribution in [1.29, 1.82) is 0 Å². The van der Waals surface area contributed by atoms with Crippen molar-refractivity contribution in [3.63, 3.8) is 0 Å². The lowest BCUT2D eigenvalue weighted by Crippen LogP contribution is -2.30. The van der Waals surface area contributed by atoms with Crippen LogP contribution in [0.25, 0.3) is 0 Å². The number of hydrogen-bond acceptors (Lipinski definition) is 3. The molecule has 0 saturated carbocycles. The van der Waals surface area contributed by atoms with E-state index in [1.54, 1.807) is 21.1 Å². The van der Waals surface area contributed by atoms with Crippen LogP contribution in [0.3, 0.4) is 0 Å². The van der Waals surface area contributed by atoms with Crippen molar-refractivity contribution in [2.24, 2.45) is 0 Å². The highest BCUT2D eigenvalue weighted by Crippen LogP contribution is 2.43. The molecular formula is C18H19NO3. The Hall–Kier alpha value is -2.49. The molecule has 4 heteroatoms. The third-order valence-corrected chi connectivity index (χ3v) is 4.11. The average molecular weight is 297 g/mol. The smallest absolute Gasteiger partial charge is 0.224 e. The highest BCUT2D eigenvalue weighted by Gasteiger charge is 2.34. The molecule has 1 aliphatic rings. The van der Waals surface area contributed by atoms with E-state index in [4.69, 9.17) is 9.47 Å². The molecule has 22 heavy (non-hydrogen) atoms. The summed E-state index contributed by atoms with van der Waals surface area (Å²) >= 11 is 0. The van der Waals surface area contributed by atoms with Crippen LogP contribution in [0.4, 0.5) is 5.69 Å². The maximum absolute atomic E-state index is 12.2. The standard InChI is InChI=1S/C18H19NO3/c1-12(20)19-16-7-5-4-6-13(16)10-17(19)15-9-8-14(21-2)11-18(15)22-3/h4-9,11,17H,10H2,1-3H3. The number of carbonyl (C=O) groups is 1. The number of hydrogen-bond donors (Lipinski definition) is 0. The summed E-state index contributed by atoms with van der Waals surface area (Å²) in [6.45, 7) is 1.60. The van der Waals surface area contributed by atoms with Gasteiger partial charge in [0.15, 0.2) is 0 Å². The number of para-hydroxylation sites is 1. The Morgan fingerprint density at radius 3 is 2.59 bits per heavy atom. The van der Waals surface area contributed by atoms with Gasteiger partial charge < -0.3 is 14.4 Å². The Kier molecular flexibility index (Phi) is 3.75. The molecule has 2 aromatic carbocycles. The Morgan fingerprint density at radius 2 is 1.91 bits per heavy atom. The number of amides is 1. The molecule has 1 aliphatic heterocycles. The fraction of sp³-hybridized carbons (Fsp3) is 0.278. The van der Waals surface area contributed by atoms with Crippen molar-refractivity contribution in [3.8, 4) is 11.5 Å². The number of fused-ring (bicyclic) bond motifs is 1. The van der Waals surface area contributed by atoms with Crippen molar-refractivity contribution in [3.05, 3.63) is 53.6 Å². The minimum atomic E-state index is -0.0456. The van der Waals surface area contributed by atoms with E-state index in [0.717, 1.165) is 29.2 Å². The van der Waals surface area contributed by atoms with Crippen LogP contribution in [0.15, 0.2) is 42.5 Å². The van der Waals surface area contributed by atoms with Crippen LogP contribution in [-0.2, 0) is 11.2 Å². The van der Waals surface area contributed by atoms with E-state index in [1.807, 2.05) is 41.3 Å². The first-order valence-corrected chi connectivity index (χ1v) is 7.25. The lowest BCUT2D eigenvalue weighted by Gasteiger charge is -2.26. The molecule has 114 valence electrons. The van der Waals surface area contributed by atoms with E-state index in [-0.39, 0.29) is 11.9 Å². The van der Waals surface area contributed by atoms with Gasteiger partial charge in [-0.1, -0.05) is 18.2 Å². The Labute approximate surface area is 130 Å². The van der Waals surface area contributed by atoms with Crippen LogP contribution in [-0.4, -0.2) is 20.1 Å². The summed E-state index contributed by atoms with van der Waals surface area (Å²) in [4.78, 5) is 14.0. The molecule has 0 bridgehead atoms. The topological polar surface area (TPSA) is 38.8 Å². The molecule has 4 nitrogen and oxygen atoms in total. The minimum absolute atomic E-state index is 0.0350. The van der Waals surface area contributed by atoms with E-state index in [0.29, 0.717) is 0 Å². The van der Waals surface area contributed by atoms with E-state index < -0.39 is 0 Å². The third-order valence-electron chi connectivity index (χ3n) is 4.11. The second-order valence-corrected chi connectivity index (χ2v) is 5.35. The summed E-state index contributed by atoms with van der Waals surface area (Å²) in [5, 5.41) is 0. The monoisotopic (exact) mass is 297 g/mol. The number of benzene rings is 2. The molecular weight excluding hydrogens is 278 g/mol. The van der Waals surface area contributed by atoms with Gasteiger partial charge in [0, 0.05) is 24.2 Å². The van der Waals surface area contributed by atoms with E-state index >= 15 is 0 Å². The molecule has 1 atom stereocenters. The summed E-state index contributed by atoms with van der Waals surface area (Å²) in [5.74, 6) is 1.52. The van der Waals surface area contributed by atoms with Crippen molar-refractivity contribution in [2.45, 2.75) is 19.4 Å². The first-order chi connectivity index (χ1) is 10.7. The molecule has 1 unspecified atom stereocenters. The lowest BCUT2D eigenvalue weighted by molar-refractivity contribution is -0.116. The number of methoxy groups -OCH3 is 2. The lowest BCUT2D eigenvalue weighted by atomic mass is 10.0. The van der Waals surface area contributed by atoms with Gasteiger partial charge in [-0.05, 0) is 30.2 Å². The second kappa shape index (κ2) is 5.72. The number of anilines is 1. The van der Waals surface area contributed by atoms with Crippen LogP contribution >= 0.6 is 0 Å². The Balaban J connectivity index is 2.07. The van der Waals surface area contributed by atoms with Crippen molar-refractivity contribution >= 4 is 11.6 Å². The Morgan fingerprint density at radius 1 is 1.14 bits per heavy atom. The number of ether oxygens (including phenoxy) is 2. The first-order valence-electron chi connectivity index (χ1n) is 7.25. The zero-order valence-corrected chi connectivity index (χ0v) is 13.0. The third kappa shape index (κ3) is 2.30. The summed E-state index contributed by atoms with van der Waals surface area (Å²) in [6.07, 6.45) is 0.790. The van der Waals surface area contributed by atoms with Crippen LogP contribution < -0.4 is 14.4 Å². The van der Waals surface area contributed by atoms with Gasteiger partial charge in [0.25, 0.3) is 0 Å². The van der Waals surface area contributed by atoms with E-state index in [9.17, 15) is 4.79 Å². The summed E-state index contributed by atoms with van der Waals surface area (Å²) < 4.78 is 10.8. The predicted molar refractivity (Wildman–Crippen MR) is 85.6 cm³/mol. The maximum atomic E-state index is 12.2. The van der Waals surface area contributed by atoms with Gasteiger partial charge in [-0.25, -0.2) is 0 Å². The molecule has 1 heterocycles. The highest BCUT2D eigenvalue weighted by molar-refractivity contribution is 5.95. The van der Waals surface area contributed by atoms with E-state index in [2.05, 4.69) is 6.07 Å². The zero-order chi connectivity index (χ0) is 15.7. The van der Waals surface area contributed by atoms with Gasteiger partial charge in [0.1, 0.15) is 11.5 Å². The summed E-state index contributed by atoms with van der Waals surface area (Å²) in [7, 11) is 3.26. The molecule has 3 rings (SSSR count). The molecule has 2 aromatic rings. The predicted octanol–water partition coefficient (Wildman–Crippen LogP) is 3.35. The number of carbonyl (C=O) groups excluding carboxylic acids is 1. The Bertz CT molecular complexity index is 711.